The third kappa shape index (κ3) is 3.61. The number of esters is 1. The maximum atomic E-state index is 12.2. The van der Waals surface area contributed by atoms with Crippen molar-refractivity contribution in [2.45, 2.75) is 19.4 Å². The highest BCUT2D eigenvalue weighted by Gasteiger charge is 2.33. The van der Waals surface area contributed by atoms with Crippen molar-refractivity contribution in [1.29, 1.82) is 0 Å². The topological polar surface area (TPSA) is 67.5 Å². The van der Waals surface area contributed by atoms with Crippen molar-refractivity contribution in [3.8, 4) is 5.75 Å². The summed E-state index contributed by atoms with van der Waals surface area (Å²) >= 11 is 7.75. The van der Waals surface area contributed by atoms with Gasteiger partial charge in [-0.3, -0.25) is 0 Å². The largest absolute Gasteiger partial charge is 0.497 e. The zero-order valence-corrected chi connectivity index (χ0v) is 19.3. The molecule has 6 nitrogen and oxygen atoms in total. The van der Waals surface area contributed by atoms with E-state index in [1.165, 1.54) is 16.9 Å². The fourth-order valence-corrected chi connectivity index (χ4v) is 5.32. The molecule has 2 aromatic carbocycles. The van der Waals surface area contributed by atoms with Gasteiger partial charge in [-0.05, 0) is 54.8 Å². The van der Waals surface area contributed by atoms with Crippen LogP contribution in [0.3, 0.4) is 0 Å². The van der Waals surface area contributed by atoms with Gasteiger partial charge in [0.15, 0.2) is 10.8 Å². The molecule has 8 heteroatoms. The average molecular weight is 468 g/mol. The van der Waals surface area contributed by atoms with Gasteiger partial charge >= 0.3 is 5.97 Å². The number of ether oxygens (including phenoxy) is 2. The minimum Gasteiger partial charge on any atom is -0.497 e. The predicted molar refractivity (Wildman–Crippen MR) is 127 cm³/mol. The lowest BCUT2D eigenvalue weighted by molar-refractivity contribution is 0.0520. The van der Waals surface area contributed by atoms with E-state index in [9.17, 15) is 4.79 Å². The maximum Gasteiger partial charge on any atom is 0.357 e. The van der Waals surface area contributed by atoms with Gasteiger partial charge in [0.25, 0.3) is 0 Å². The lowest BCUT2D eigenvalue weighted by Gasteiger charge is -2.36. The number of carbonyl (C=O) groups is 1. The number of rotatable bonds is 5. The molecule has 1 N–H and O–H groups in total. The highest BCUT2D eigenvalue weighted by Crippen LogP contribution is 2.42. The van der Waals surface area contributed by atoms with Crippen LogP contribution in [-0.4, -0.2) is 36.2 Å². The van der Waals surface area contributed by atoms with Crippen LogP contribution in [0.1, 0.15) is 40.3 Å². The molecule has 0 spiro atoms. The van der Waals surface area contributed by atoms with Crippen LogP contribution in [0.4, 0.5) is 5.13 Å². The third-order valence-electron chi connectivity index (χ3n) is 5.74. The molecule has 0 fully saturated rings. The summed E-state index contributed by atoms with van der Waals surface area (Å²) in [5.74, 6) is 0.410. The Morgan fingerprint density at radius 2 is 2.09 bits per heavy atom. The van der Waals surface area contributed by atoms with Gasteiger partial charge < -0.3 is 19.4 Å². The minimum atomic E-state index is -0.394. The van der Waals surface area contributed by atoms with Gasteiger partial charge in [-0.1, -0.05) is 23.7 Å². The van der Waals surface area contributed by atoms with Gasteiger partial charge in [-0.25, -0.2) is 9.78 Å². The highest BCUT2D eigenvalue weighted by molar-refractivity contribution is 7.13. The van der Waals surface area contributed by atoms with Crippen LogP contribution in [0.25, 0.3) is 10.9 Å². The molecular formula is C24H22ClN3O3S. The first-order chi connectivity index (χ1) is 15.6. The SMILES string of the molecule is CCOC(=O)c1csc(N2CCc3c([nH]c4ccc(Cl)cc34)C2c2ccc(OC)cc2)n1. The summed E-state index contributed by atoms with van der Waals surface area (Å²) in [7, 11) is 1.66. The van der Waals surface area contributed by atoms with Crippen LogP contribution in [0.15, 0.2) is 47.8 Å². The van der Waals surface area contributed by atoms with Crippen molar-refractivity contribution in [3.05, 3.63) is 75.4 Å². The first-order valence-corrected chi connectivity index (χ1v) is 11.7. The number of anilines is 1. The van der Waals surface area contributed by atoms with E-state index in [4.69, 9.17) is 21.1 Å². The molecule has 32 heavy (non-hydrogen) atoms. The molecule has 1 aliphatic heterocycles. The number of nitrogens with one attached hydrogen (secondary N) is 1. The number of fused-ring (bicyclic) bond motifs is 3. The van der Waals surface area contributed by atoms with Crippen LogP contribution in [0, 0.1) is 0 Å². The van der Waals surface area contributed by atoms with E-state index in [-0.39, 0.29) is 6.04 Å². The zero-order valence-electron chi connectivity index (χ0n) is 17.7. The minimum absolute atomic E-state index is 0.0861. The first kappa shape index (κ1) is 20.8. The number of H-pyrrole nitrogens is 1. The van der Waals surface area contributed by atoms with E-state index in [1.54, 1.807) is 19.4 Å². The Labute approximate surface area is 194 Å². The Bertz CT molecular complexity index is 1280. The number of aromatic amines is 1. The number of aromatic nitrogens is 2. The Morgan fingerprint density at radius 1 is 1.28 bits per heavy atom. The molecule has 0 bridgehead atoms. The molecule has 5 rings (SSSR count). The molecule has 0 radical (unpaired) electrons. The maximum absolute atomic E-state index is 12.2. The number of nitrogens with zero attached hydrogens (tertiary/aromatic N) is 2. The van der Waals surface area contributed by atoms with Crippen LogP contribution in [-0.2, 0) is 11.2 Å². The molecule has 1 atom stereocenters. The summed E-state index contributed by atoms with van der Waals surface area (Å²) in [6, 6.07) is 13.9. The quantitative estimate of drug-likeness (QED) is 0.386. The third-order valence-corrected chi connectivity index (χ3v) is 6.86. The van der Waals surface area contributed by atoms with Crippen molar-refractivity contribution in [2.75, 3.05) is 25.2 Å². The van der Waals surface area contributed by atoms with Crippen LogP contribution in [0.5, 0.6) is 5.75 Å². The fraction of sp³-hybridized carbons (Fsp3) is 0.250. The van der Waals surface area contributed by atoms with Crippen molar-refractivity contribution >= 4 is 44.9 Å². The van der Waals surface area contributed by atoms with E-state index in [0.717, 1.165) is 51.0 Å². The lowest BCUT2D eigenvalue weighted by Crippen LogP contribution is -2.36. The Balaban J connectivity index is 1.62. The molecule has 1 unspecified atom stereocenters. The van der Waals surface area contributed by atoms with E-state index < -0.39 is 5.97 Å². The number of hydrogen-bond donors (Lipinski definition) is 1. The Hall–Kier alpha value is -3.03. The number of thiazole rings is 1. The van der Waals surface area contributed by atoms with Gasteiger partial charge in [-0.2, -0.15) is 0 Å². The summed E-state index contributed by atoms with van der Waals surface area (Å²) in [4.78, 5) is 22.7. The number of methoxy groups -OCH3 is 1. The number of halogens is 1. The van der Waals surface area contributed by atoms with E-state index in [1.807, 2.05) is 30.3 Å². The molecule has 0 saturated carbocycles. The first-order valence-electron chi connectivity index (χ1n) is 10.4. The Kier molecular flexibility index (Phi) is 5.53. The standard InChI is InChI=1S/C24H22ClN3O3S/c1-3-31-23(29)20-13-32-24(27-20)28-11-10-17-18-12-15(25)6-9-19(18)26-21(17)22(28)14-4-7-16(30-2)8-5-14/h4-9,12-13,22,26H,3,10-11H2,1-2H3. The summed E-state index contributed by atoms with van der Waals surface area (Å²) in [6.07, 6.45) is 0.844. The molecule has 2 aromatic heterocycles. The number of carbonyl (C=O) groups excluding carboxylic acids is 1. The van der Waals surface area contributed by atoms with Crippen molar-refractivity contribution in [2.24, 2.45) is 0 Å². The molecule has 0 amide bonds. The van der Waals surface area contributed by atoms with Gasteiger partial charge in [0.05, 0.1) is 19.8 Å². The lowest BCUT2D eigenvalue weighted by atomic mass is 9.92. The predicted octanol–water partition coefficient (Wildman–Crippen LogP) is 5.62. The van der Waals surface area contributed by atoms with Gasteiger partial charge in [-0.15, -0.1) is 11.3 Å². The highest BCUT2D eigenvalue weighted by atomic mass is 35.5. The monoisotopic (exact) mass is 467 g/mol. The summed E-state index contributed by atoms with van der Waals surface area (Å²) < 4.78 is 10.5. The molecule has 164 valence electrons. The molecule has 3 heterocycles. The zero-order chi connectivity index (χ0) is 22.2. The van der Waals surface area contributed by atoms with Crippen molar-refractivity contribution in [1.82, 2.24) is 9.97 Å². The molecule has 4 aromatic rings. The van der Waals surface area contributed by atoms with E-state index in [0.29, 0.717) is 12.3 Å². The molecule has 0 aliphatic carbocycles. The second kappa shape index (κ2) is 8.48. The number of benzene rings is 2. The van der Waals surface area contributed by atoms with Crippen LogP contribution >= 0.6 is 22.9 Å². The van der Waals surface area contributed by atoms with Crippen LogP contribution < -0.4 is 9.64 Å². The summed E-state index contributed by atoms with van der Waals surface area (Å²) in [5, 5.41) is 4.42. The van der Waals surface area contributed by atoms with Gasteiger partial charge in [0.1, 0.15) is 5.75 Å². The van der Waals surface area contributed by atoms with Crippen molar-refractivity contribution < 1.29 is 14.3 Å². The fourth-order valence-electron chi connectivity index (χ4n) is 4.29. The van der Waals surface area contributed by atoms with Gasteiger partial charge in [0.2, 0.25) is 0 Å². The summed E-state index contributed by atoms with van der Waals surface area (Å²) in [5.41, 5.74) is 4.89. The Morgan fingerprint density at radius 3 is 2.84 bits per heavy atom. The summed E-state index contributed by atoms with van der Waals surface area (Å²) in [6.45, 7) is 2.88. The molecule has 0 saturated heterocycles. The van der Waals surface area contributed by atoms with E-state index in [2.05, 4.69) is 27.0 Å². The van der Waals surface area contributed by atoms with E-state index >= 15 is 0 Å². The van der Waals surface area contributed by atoms with Gasteiger partial charge in [0, 0.05) is 33.5 Å². The average Bonchev–Trinajstić information content (AvgIpc) is 3.44. The number of hydrogen-bond acceptors (Lipinski definition) is 6. The normalized spacial score (nSPS) is 15.6. The van der Waals surface area contributed by atoms with Crippen LogP contribution in [0.2, 0.25) is 5.02 Å². The molecular weight excluding hydrogens is 446 g/mol. The second-order valence-electron chi connectivity index (χ2n) is 7.56. The second-order valence-corrected chi connectivity index (χ2v) is 8.84. The molecule has 1 aliphatic rings. The van der Waals surface area contributed by atoms with Crippen molar-refractivity contribution in [3.63, 3.8) is 0 Å². The smallest absolute Gasteiger partial charge is 0.357 e.